The van der Waals surface area contributed by atoms with E-state index in [1.807, 2.05) is 13.0 Å². The van der Waals surface area contributed by atoms with E-state index in [0.29, 0.717) is 18.5 Å². The van der Waals surface area contributed by atoms with Crippen LogP contribution in [0.5, 0.6) is 5.88 Å². The van der Waals surface area contributed by atoms with Crippen LogP contribution in [0.2, 0.25) is 0 Å². The number of nitrogens with zero attached hydrogens (tertiary/aromatic N) is 3. The van der Waals surface area contributed by atoms with Crippen molar-refractivity contribution in [2.24, 2.45) is 5.92 Å². The van der Waals surface area contributed by atoms with Gasteiger partial charge in [-0.05, 0) is 52.6 Å². The summed E-state index contributed by atoms with van der Waals surface area (Å²) >= 11 is 0. The first-order chi connectivity index (χ1) is 9.70. The summed E-state index contributed by atoms with van der Waals surface area (Å²) in [7, 11) is 0. The lowest BCUT2D eigenvalue weighted by Gasteiger charge is -2.32. The predicted octanol–water partition coefficient (Wildman–Crippen LogP) is 2.09. The van der Waals surface area contributed by atoms with Gasteiger partial charge in [0, 0.05) is 24.8 Å². The highest BCUT2D eigenvalue weighted by molar-refractivity contribution is 5.33. The lowest BCUT2D eigenvalue weighted by Crippen LogP contribution is -2.40. The summed E-state index contributed by atoms with van der Waals surface area (Å²) in [6, 6.07) is 2.21. The topological polar surface area (TPSA) is 50.3 Å². The number of ether oxygens (including phenoxy) is 1. The van der Waals surface area contributed by atoms with Crippen molar-refractivity contribution in [3.8, 4) is 5.88 Å². The summed E-state index contributed by atoms with van der Waals surface area (Å²) in [5, 5.41) is 3.41. The molecule has 5 nitrogen and oxygen atoms in total. The highest BCUT2D eigenvalue weighted by Gasteiger charge is 2.21. The van der Waals surface area contributed by atoms with E-state index in [1.165, 1.54) is 12.8 Å². The molecule has 1 aromatic heterocycles. The molecule has 0 aromatic carbocycles. The molecule has 1 fully saturated rings. The van der Waals surface area contributed by atoms with Crippen LogP contribution in [0.4, 0.5) is 5.95 Å². The van der Waals surface area contributed by atoms with Crippen LogP contribution in [-0.4, -0.2) is 42.3 Å². The van der Waals surface area contributed by atoms with Gasteiger partial charge in [-0.2, -0.15) is 4.98 Å². The fourth-order valence-electron chi connectivity index (χ4n) is 2.56. The summed E-state index contributed by atoms with van der Waals surface area (Å²) in [6.07, 6.45) is 4.24. The molecular formula is C15H26N4O. The van der Waals surface area contributed by atoms with Crippen molar-refractivity contribution in [3.63, 3.8) is 0 Å². The molecular weight excluding hydrogens is 252 g/mol. The summed E-state index contributed by atoms with van der Waals surface area (Å²) in [6.45, 7) is 10.3. The molecule has 1 aromatic rings. The number of rotatable bonds is 6. The van der Waals surface area contributed by atoms with Gasteiger partial charge in [0.15, 0.2) is 0 Å². The molecule has 0 spiro atoms. The number of piperidine rings is 1. The van der Waals surface area contributed by atoms with Crippen LogP contribution in [0.15, 0.2) is 12.3 Å². The molecule has 0 aliphatic carbocycles. The van der Waals surface area contributed by atoms with Crippen molar-refractivity contribution in [2.45, 2.75) is 39.7 Å². The average Bonchev–Trinajstić information content (AvgIpc) is 2.46. The minimum absolute atomic E-state index is 0.391. The van der Waals surface area contributed by atoms with Crippen molar-refractivity contribution in [1.29, 1.82) is 0 Å². The van der Waals surface area contributed by atoms with Crippen LogP contribution >= 0.6 is 0 Å². The molecule has 0 saturated carbocycles. The normalized spacial score (nSPS) is 16.4. The van der Waals surface area contributed by atoms with Crippen molar-refractivity contribution in [1.82, 2.24) is 15.3 Å². The largest absolute Gasteiger partial charge is 0.478 e. The fourth-order valence-corrected chi connectivity index (χ4v) is 2.56. The Morgan fingerprint density at radius 1 is 1.40 bits per heavy atom. The number of anilines is 1. The van der Waals surface area contributed by atoms with E-state index in [1.54, 1.807) is 6.20 Å². The van der Waals surface area contributed by atoms with Crippen molar-refractivity contribution < 1.29 is 4.74 Å². The van der Waals surface area contributed by atoms with Crippen molar-refractivity contribution >= 4 is 5.95 Å². The first-order valence-electron chi connectivity index (χ1n) is 7.64. The Morgan fingerprint density at radius 2 is 2.15 bits per heavy atom. The lowest BCUT2D eigenvalue weighted by molar-refractivity contribution is 0.325. The molecule has 20 heavy (non-hydrogen) atoms. The molecule has 112 valence electrons. The molecule has 2 rings (SSSR count). The molecule has 0 radical (unpaired) electrons. The first kappa shape index (κ1) is 15.0. The maximum atomic E-state index is 5.48. The van der Waals surface area contributed by atoms with E-state index >= 15 is 0 Å². The minimum atomic E-state index is 0.391. The van der Waals surface area contributed by atoms with Crippen molar-refractivity contribution in [2.75, 3.05) is 31.1 Å². The SMILES string of the molecule is CCOc1ccnc(N(CC2CCNCC2)C(C)C)n1. The summed E-state index contributed by atoms with van der Waals surface area (Å²) in [5.41, 5.74) is 0. The second kappa shape index (κ2) is 7.43. The Balaban J connectivity index is 2.08. The van der Waals surface area contributed by atoms with Gasteiger partial charge < -0.3 is 15.0 Å². The van der Waals surface area contributed by atoms with E-state index in [0.717, 1.165) is 31.5 Å². The Morgan fingerprint density at radius 3 is 2.80 bits per heavy atom. The third kappa shape index (κ3) is 4.07. The zero-order valence-corrected chi connectivity index (χ0v) is 12.8. The molecule has 1 aliphatic heterocycles. The Kier molecular flexibility index (Phi) is 5.59. The van der Waals surface area contributed by atoms with Crippen LogP contribution in [0, 0.1) is 5.92 Å². The van der Waals surface area contributed by atoms with Gasteiger partial charge in [0.1, 0.15) is 0 Å². The standard InChI is InChI=1S/C15H26N4O/c1-4-20-14-7-10-17-15(18-14)19(12(2)3)11-13-5-8-16-9-6-13/h7,10,12-13,16H,4-6,8-9,11H2,1-3H3. The van der Waals surface area contributed by atoms with E-state index in [2.05, 4.69) is 34.0 Å². The van der Waals surface area contributed by atoms with E-state index in [4.69, 9.17) is 4.74 Å². The molecule has 0 amide bonds. The Labute approximate surface area is 121 Å². The van der Waals surface area contributed by atoms with Gasteiger partial charge in [-0.15, -0.1) is 0 Å². The number of nitrogens with one attached hydrogen (secondary N) is 1. The second-order valence-electron chi connectivity index (χ2n) is 5.57. The second-order valence-corrected chi connectivity index (χ2v) is 5.57. The summed E-state index contributed by atoms with van der Waals surface area (Å²) in [4.78, 5) is 11.2. The molecule has 0 unspecified atom stereocenters. The zero-order chi connectivity index (χ0) is 14.4. The van der Waals surface area contributed by atoms with Gasteiger partial charge in [0.2, 0.25) is 11.8 Å². The number of hydrogen-bond donors (Lipinski definition) is 1. The number of aromatic nitrogens is 2. The smallest absolute Gasteiger partial charge is 0.228 e. The molecule has 1 saturated heterocycles. The van der Waals surface area contributed by atoms with E-state index in [9.17, 15) is 0 Å². The quantitative estimate of drug-likeness (QED) is 0.863. The fraction of sp³-hybridized carbons (Fsp3) is 0.733. The summed E-state index contributed by atoms with van der Waals surface area (Å²) < 4.78 is 5.48. The third-order valence-corrected chi connectivity index (χ3v) is 3.70. The van der Waals surface area contributed by atoms with E-state index < -0.39 is 0 Å². The summed E-state index contributed by atoms with van der Waals surface area (Å²) in [5.74, 6) is 2.16. The molecule has 0 bridgehead atoms. The van der Waals surface area contributed by atoms with Gasteiger partial charge in [-0.25, -0.2) is 4.98 Å². The van der Waals surface area contributed by atoms with Gasteiger partial charge in [-0.1, -0.05) is 0 Å². The minimum Gasteiger partial charge on any atom is -0.478 e. The van der Waals surface area contributed by atoms with Crippen LogP contribution < -0.4 is 15.0 Å². The molecule has 1 aliphatic rings. The maximum Gasteiger partial charge on any atom is 0.228 e. The van der Waals surface area contributed by atoms with Crippen LogP contribution in [0.1, 0.15) is 33.6 Å². The Bertz CT molecular complexity index is 405. The molecule has 5 heteroatoms. The highest BCUT2D eigenvalue weighted by Crippen LogP contribution is 2.20. The van der Waals surface area contributed by atoms with Crippen LogP contribution in [0.25, 0.3) is 0 Å². The van der Waals surface area contributed by atoms with Crippen LogP contribution in [-0.2, 0) is 0 Å². The van der Waals surface area contributed by atoms with Crippen LogP contribution in [0.3, 0.4) is 0 Å². The maximum absolute atomic E-state index is 5.48. The van der Waals surface area contributed by atoms with Gasteiger partial charge in [0.05, 0.1) is 6.61 Å². The highest BCUT2D eigenvalue weighted by atomic mass is 16.5. The molecule has 2 heterocycles. The zero-order valence-electron chi connectivity index (χ0n) is 12.8. The average molecular weight is 278 g/mol. The predicted molar refractivity (Wildman–Crippen MR) is 81.3 cm³/mol. The van der Waals surface area contributed by atoms with Gasteiger partial charge in [-0.3, -0.25) is 0 Å². The van der Waals surface area contributed by atoms with Gasteiger partial charge >= 0.3 is 0 Å². The molecule has 1 N–H and O–H groups in total. The monoisotopic (exact) mass is 278 g/mol. The first-order valence-corrected chi connectivity index (χ1v) is 7.64. The van der Waals surface area contributed by atoms with Crippen molar-refractivity contribution in [3.05, 3.63) is 12.3 Å². The Hall–Kier alpha value is -1.36. The van der Waals surface area contributed by atoms with Gasteiger partial charge in [0.25, 0.3) is 0 Å². The third-order valence-electron chi connectivity index (χ3n) is 3.70. The van der Waals surface area contributed by atoms with E-state index in [-0.39, 0.29) is 0 Å². The lowest BCUT2D eigenvalue weighted by atomic mass is 9.97. The molecule has 0 atom stereocenters. The number of hydrogen-bond acceptors (Lipinski definition) is 5.